The van der Waals surface area contributed by atoms with Crippen LogP contribution in [0.1, 0.15) is 50.6 Å². The van der Waals surface area contributed by atoms with E-state index in [-0.39, 0.29) is 24.2 Å². The number of aromatic nitrogens is 2. The Hall–Kier alpha value is -2.38. The molecule has 1 aromatic heterocycles. The van der Waals surface area contributed by atoms with Crippen LogP contribution in [0.15, 0.2) is 12.3 Å². The van der Waals surface area contributed by atoms with Crippen LogP contribution in [-0.2, 0) is 9.59 Å². The van der Waals surface area contributed by atoms with Gasteiger partial charge < -0.3 is 15.7 Å². The van der Waals surface area contributed by atoms with Gasteiger partial charge in [0.15, 0.2) is 0 Å². The number of aliphatic carboxylic acids is 1. The fourth-order valence-corrected chi connectivity index (χ4v) is 1.94. The molecule has 2 amide bonds. The van der Waals surface area contributed by atoms with E-state index in [9.17, 15) is 14.4 Å². The van der Waals surface area contributed by atoms with Crippen molar-refractivity contribution in [2.75, 3.05) is 6.54 Å². The SMILES string of the molecule is CC(C)C[C@H](NC(=O)CNC(=O)c1ccn(C(C)C)n1)C(=O)O. The maximum Gasteiger partial charge on any atom is 0.326 e. The lowest BCUT2D eigenvalue weighted by Crippen LogP contribution is -2.46. The molecule has 0 aliphatic heterocycles. The minimum absolute atomic E-state index is 0.131. The lowest BCUT2D eigenvalue weighted by Gasteiger charge is -2.16. The van der Waals surface area contributed by atoms with Gasteiger partial charge in [-0.1, -0.05) is 13.8 Å². The number of carbonyl (C=O) groups is 3. The molecule has 1 aromatic rings. The van der Waals surface area contributed by atoms with Gasteiger partial charge in [-0.25, -0.2) is 4.79 Å². The van der Waals surface area contributed by atoms with Crippen LogP contribution in [-0.4, -0.2) is 45.3 Å². The van der Waals surface area contributed by atoms with E-state index in [2.05, 4.69) is 15.7 Å². The third-order valence-electron chi connectivity index (χ3n) is 3.12. The zero-order chi connectivity index (χ0) is 17.6. The van der Waals surface area contributed by atoms with Crippen molar-refractivity contribution in [3.8, 4) is 0 Å². The van der Waals surface area contributed by atoms with Crippen molar-refractivity contribution in [2.45, 2.75) is 46.2 Å². The van der Waals surface area contributed by atoms with Gasteiger partial charge in [-0.15, -0.1) is 0 Å². The Kier molecular flexibility index (Phi) is 6.74. The summed E-state index contributed by atoms with van der Waals surface area (Å²) in [5, 5.41) is 18.0. The number of nitrogens with zero attached hydrogens (tertiary/aromatic N) is 2. The van der Waals surface area contributed by atoms with Gasteiger partial charge in [0, 0.05) is 12.2 Å². The number of carboxylic acid groups (broad SMARTS) is 1. The Morgan fingerprint density at radius 1 is 1.26 bits per heavy atom. The molecule has 8 heteroatoms. The molecule has 0 saturated carbocycles. The number of rotatable bonds is 8. The molecule has 0 aliphatic carbocycles. The first kappa shape index (κ1) is 18.7. The first-order valence-electron chi connectivity index (χ1n) is 7.56. The Morgan fingerprint density at radius 2 is 1.91 bits per heavy atom. The molecule has 0 fully saturated rings. The third kappa shape index (κ3) is 6.09. The summed E-state index contributed by atoms with van der Waals surface area (Å²) in [6.45, 7) is 7.31. The summed E-state index contributed by atoms with van der Waals surface area (Å²) in [6.07, 6.45) is 2.01. The van der Waals surface area contributed by atoms with Crippen molar-refractivity contribution in [1.82, 2.24) is 20.4 Å². The van der Waals surface area contributed by atoms with E-state index in [4.69, 9.17) is 5.11 Å². The zero-order valence-corrected chi connectivity index (χ0v) is 13.9. The summed E-state index contributed by atoms with van der Waals surface area (Å²) < 4.78 is 1.64. The monoisotopic (exact) mass is 324 g/mol. The molecule has 1 heterocycles. The van der Waals surface area contributed by atoms with Crippen molar-refractivity contribution in [1.29, 1.82) is 0 Å². The lowest BCUT2D eigenvalue weighted by molar-refractivity contribution is -0.142. The second-order valence-corrected chi connectivity index (χ2v) is 6.05. The van der Waals surface area contributed by atoms with Crippen LogP contribution < -0.4 is 10.6 Å². The second-order valence-electron chi connectivity index (χ2n) is 6.05. The van der Waals surface area contributed by atoms with E-state index in [0.29, 0.717) is 6.42 Å². The molecular weight excluding hydrogens is 300 g/mol. The normalized spacial score (nSPS) is 12.3. The molecule has 128 valence electrons. The van der Waals surface area contributed by atoms with E-state index in [1.807, 2.05) is 27.7 Å². The number of nitrogens with one attached hydrogen (secondary N) is 2. The fourth-order valence-electron chi connectivity index (χ4n) is 1.94. The minimum atomic E-state index is -1.09. The van der Waals surface area contributed by atoms with E-state index in [1.54, 1.807) is 16.9 Å². The predicted molar refractivity (Wildman–Crippen MR) is 84.0 cm³/mol. The molecule has 1 atom stereocenters. The highest BCUT2D eigenvalue weighted by atomic mass is 16.4. The zero-order valence-electron chi connectivity index (χ0n) is 13.9. The summed E-state index contributed by atoms with van der Waals surface area (Å²) in [5.41, 5.74) is 0.212. The molecule has 0 spiro atoms. The van der Waals surface area contributed by atoms with Crippen molar-refractivity contribution in [3.63, 3.8) is 0 Å². The highest BCUT2D eigenvalue weighted by Crippen LogP contribution is 2.05. The van der Waals surface area contributed by atoms with E-state index >= 15 is 0 Å². The fraction of sp³-hybridized carbons (Fsp3) is 0.600. The Morgan fingerprint density at radius 3 is 2.39 bits per heavy atom. The van der Waals surface area contributed by atoms with Gasteiger partial charge in [0.05, 0.1) is 6.54 Å². The molecule has 23 heavy (non-hydrogen) atoms. The Bertz CT molecular complexity index is 566. The first-order chi connectivity index (χ1) is 10.7. The van der Waals surface area contributed by atoms with Crippen LogP contribution in [0, 0.1) is 5.92 Å². The maximum atomic E-state index is 11.9. The standard InChI is InChI=1S/C15H24N4O4/c1-9(2)7-12(15(22)23)17-13(20)8-16-14(21)11-5-6-19(18-11)10(3)4/h5-6,9-10,12H,7-8H2,1-4H3,(H,16,21)(H,17,20)(H,22,23)/t12-/m0/s1. The third-order valence-corrected chi connectivity index (χ3v) is 3.12. The van der Waals surface area contributed by atoms with Gasteiger partial charge in [-0.3, -0.25) is 14.3 Å². The van der Waals surface area contributed by atoms with Crippen LogP contribution in [0.5, 0.6) is 0 Å². The van der Waals surface area contributed by atoms with Gasteiger partial charge in [-0.05, 0) is 32.3 Å². The highest BCUT2D eigenvalue weighted by molar-refractivity contribution is 5.95. The highest BCUT2D eigenvalue weighted by Gasteiger charge is 2.21. The van der Waals surface area contributed by atoms with E-state index in [1.165, 1.54) is 0 Å². The van der Waals surface area contributed by atoms with Crippen LogP contribution in [0.4, 0.5) is 0 Å². The number of hydrogen-bond donors (Lipinski definition) is 3. The summed E-state index contributed by atoms with van der Waals surface area (Å²) >= 11 is 0. The molecule has 0 aliphatic rings. The van der Waals surface area contributed by atoms with Crippen molar-refractivity contribution < 1.29 is 19.5 Å². The van der Waals surface area contributed by atoms with Gasteiger partial charge in [0.25, 0.3) is 5.91 Å². The predicted octanol–water partition coefficient (Wildman–Crippen LogP) is 0.809. The van der Waals surface area contributed by atoms with Crippen molar-refractivity contribution in [2.24, 2.45) is 5.92 Å². The molecule has 0 aromatic carbocycles. The second kappa shape index (κ2) is 8.30. The van der Waals surface area contributed by atoms with Crippen LogP contribution >= 0.6 is 0 Å². The molecule has 0 saturated heterocycles. The molecule has 3 N–H and O–H groups in total. The molecule has 0 bridgehead atoms. The Balaban J connectivity index is 2.50. The van der Waals surface area contributed by atoms with Crippen molar-refractivity contribution >= 4 is 17.8 Å². The molecular formula is C15H24N4O4. The summed E-state index contributed by atoms with van der Waals surface area (Å²) in [7, 11) is 0. The maximum absolute atomic E-state index is 11.9. The first-order valence-corrected chi connectivity index (χ1v) is 7.56. The number of carboxylic acids is 1. The number of carbonyl (C=O) groups excluding carboxylic acids is 2. The number of hydrogen-bond acceptors (Lipinski definition) is 4. The summed E-state index contributed by atoms with van der Waals surface area (Å²) in [4.78, 5) is 34.8. The summed E-state index contributed by atoms with van der Waals surface area (Å²) in [5.74, 6) is -1.98. The Labute approximate surface area is 135 Å². The smallest absolute Gasteiger partial charge is 0.326 e. The van der Waals surface area contributed by atoms with Gasteiger partial charge in [-0.2, -0.15) is 5.10 Å². The average molecular weight is 324 g/mol. The largest absolute Gasteiger partial charge is 0.480 e. The van der Waals surface area contributed by atoms with Crippen molar-refractivity contribution in [3.05, 3.63) is 18.0 Å². The molecule has 1 rings (SSSR count). The van der Waals surface area contributed by atoms with E-state index < -0.39 is 23.8 Å². The van der Waals surface area contributed by atoms with Crippen LogP contribution in [0.3, 0.4) is 0 Å². The topological polar surface area (TPSA) is 113 Å². The van der Waals surface area contributed by atoms with Crippen LogP contribution in [0.25, 0.3) is 0 Å². The van der Waals surface area contributed by atoms with Gasteiger partial charge >= 0.3 is 5.97 Å². The molecule has 0 unspecified atom stereocenters. The molecule has 8 nitrogen and oxygen atoms in total. The van der Waals surface area contributed by atoms with Gasteiger partial charge in [0.2, 0.25) is 5.91 Å². The average Bonchev–Trinajstić information content (AvgIpc) is 2.93. The quantitative estimate of drug-likeness (QED) is 0.655. The van der Waals surface area contributed by atoms with Crippen LogP contribution in [0.2, 0.25) is 0 Å². The minimum Gasteiger partial charge on any atom is -0.480 e. The lowest BCUT2D eigenvalue weighted by atomic mass is 10.0. The molecule has 0 radical (unpaired) electrons. The summed E-state index contributed by atoms with van der Waals surface area (Å²) in [6, 6.07) is 0.734. The number of amides is 2. The van der Waals surface area contributed by atoms with E-state index in [0.717, 1.165) is 0 Å². The van der Waals surface area contributed by atoms with Gasteiger partial charge in [0.1, 0.15) is 11.7 Å².